The molecule has 1 nitrogen and oxygen atoms in total. The number of hydrogen-bond acceptors (Lipinski definition) is 1. The van der Waals surface area contributed by atoms with E-state index in [1.165, 1.54) is 11.1 Å². The van der Waals surface area contributed by atoms with Crippen LogP contribution in [0.25, 0.3) is 12.2 Å². The van der Waals surface area contributed by atoms with Crippen LogP contribution in [0.2, 0.25) is 0 Å². The van der Waals surface area contributed by atoms with Gasteiger partial charge in [0.05, 0.1) is 0 Å². The third kappa shape index (κ3) is 3.55. The van der Waals surface area contributed by atoms with Gasteiger partial charge >= 0.3 is 0 Å². The number of rotatable bonds is 2. The van der Waals surface area contributed by atoms with Gasteiger partial charge in [-0.3, -0.25) is 0 Å². The average Bonchev–Trinajstić information content (AvgIpc) is 2.50. The Bertz CT molecular complexity index is 284. The Labute approximate surface area is 86.2 Å². The summed E-state index contributed by atoms with van der Waals surface area (Å²) in [5, 5.41) is 0. The van der Waals surface area contributed by atoms with Crippen molar-refractivity contribution in [3.05, 3.63) is 36.2 Å². The highest BCUT2D eigenvalue weighted by Crippen LogP contribution is 2.12. The lowest BCUT2D eigenvalue weighted by molar-refractivity contribution is 0.926. The molecule has 1 aromatic rings. The number of thiol groups is 1. The first-order valence-corrected chi connectivity index (χ1v) is 5.03. The normalized spacial score (nSPS) is 9.54. The highest BCUT2D eigenvalue weighted by molar-refractivity contribution is 7.79. The van der Waals surface area contributed by atoms with Crippen molar-refractivity contribution in [1.29, 1.82) is 0 Å². The Morgan fingerprint density at radius 2 is 1.85 bits per heavy atom. The topological polar surface area (TPSA) is 4.93 Å². The monoisotopic (exact) mass is 195 g/mol. The highest BCUT2D eigenvalue weighted by Gasteiger charge is 1.96. The Hall–Kier alpha value is -0.890. The Kier molecular flexibility index (Phi) is 6.15. The predicted molar refractivity (Wildman–Crippen MR) is 65.1 cm³/mol. The summed E-state index contributed by atoms with van der Waals surface area (Å²) in [6.07, 6.45) is 11.8. The maximum atomic E-state index is 3.74. The summed E-state index contributed by atoms with van der Waals surface area (Å²) in [7, 11) is 2.01. The van der Waals surface area contributed by atoms with Crippen molar-refractivity contribution < 1.29 is 0 Å². The van der Waals surface area contributed by atoms with Crippen LogP contribution in [-0.2, 0) is 7.05 Å². The van der Waals surface area contributed by atoms with Gasteiger partial charge in [-0.2, -0.15) is 12.6 Å². The molecule has 2 heteroatoms. The van der Waals surface area contributed by atoms with Crippen molar-refractivity contribution in [3.8, 4) is 0 Å². The number of allylic oxidation sites excluding steroid dienone is 1. The van der Waals surface area contributed by atoms with Gasteiger partial charge in [0.1, 0.15) is 0 Å². The molecule has 0 saturated heterocycles. The van der Waals surface area contributed by atoms with E-state index in [0.717, 1.165) is 0 Å². The largest absolute Gasteiger partial charge is 0.356 e. The molecule has 0 fully saturated rings. The second-order valence-electron chi connectivity index (χ2n) is 2.54. The molecule has 0 bridgehead atoms. The van der Waals surface area contributed by atoms with Crippen molar-refractivity contribution in [2.75, 3.05) is 6.26 Å². The standard InChI is InChI=1S/C10H13N.CH4S/c1-4-6-10-8-11(3)7-9(10)5-2;1-2/h4-8H,2H2,1,3H3;2H,1H3/b6-4-;. The van der Waals surface area contributed by atoms with Crippen LogP contribution in [0.15, 0.2) is 25.0 Å². The molecule has 1 aromatic heterocycles. The molecule has 0 unspecified atom stereocenters. The number of aryl methyl sites for hydroxylation is 1. The molecule has 1 rings (SSSR count). The molecule has 0 aliphatic heterocycles. The van der Waals surface area contributed by atoms with E-state index >= 15 is 0 Å². The van der Waals surface area contributed by atoms with Gasteiger partial charge < -0.3 is 4.57 Å². The van der Waals surface area contributed by atoms with Gasteiger partial charge in [0.25, 0.3) is 0 Å². The minimum Gasteiger partial charge on any atom is -0.356 e. The van der Waals surface area contributed by atoms with Gasteiger partial charge in [-0.1, -0.05) is 24.8 Å². The van der Waals surface area contributed by atoms with E-state index in [0.29, 0.717) is 0 Å². The molecule has 0 amide bonds. The van der Waals surface area contributed by atoms with Crippen molar-refractivity contribution in [3.63, 3.8) is 0 Å². The number of nitrogens with zero attached hydrogens (tertiary/aromatic N) is 1. The molecule has 0 radical (unpaired) electrons. The first-order chi connectivity index (χ1) is 6.27. The number of hydrogen-bond donors (Lipinski definition) is 1. The fraction of sp³-hybridized carbons (Fsp3) is 0.273. The SMILES string of the molecule is C=Cc1cn(C)cc1/C=C\C.CS. The van der Waals surface area contributed by atoms with E-state index in [9.17, 15) is 0 Å². The lowest BCUT2D eigenvalue weighted by Gasteiger charge is -1.86. The molecular weight excluding hydrogens is 178 g/mol. The zero-order valence-electron chi connectivity index (χ0n) is 8.49. The molecule has 0 saturated carbocycles. The van der Waals surface area contributed by atoms with Crippen molar-refractivity contribution >= 4 is 24.8 Å². The Balaban J connectivity index is 0.000000671. The lowest BCUT2D eigenvalue weighted by Crippen LogP contribution is -1.77. The molecule has 0 aliphatic rings. The zero-order chi connectivity index (χ0) is 10.3. The van der Waals surface area contributed by atoms with Gasteiger partial charge in [0, 0.05) is 19.4 Å². The first kappa shape index (κ1) is 12.1. The fourth-order valence-electron chi connectivity index (χ4n) is 1.11. The Morgan fingerprint density at radius 3 is 2.31 bits per heavy atom. The van der Waals surface area contributed by atoms with E-state index in [1.807, 2.05) is 30.7 Å². The van der Waals surface area contributed by atoms with Crippen LogP contribution in [0.3, 0.4) is 0 Å². The number of aromatic nitrogens is 1. The van der Waals surface area contributed by atoms with Gasteiger partial charge in [-0.15, -0.1) is 0 Å². The maximum Gasteiger partial charge on any atom is 0.0110 e. The van der Waals surface area contributed by atoms with E-state index < -0.39 is 0 Å². The van der Waals surface area contributed by atoms with Gasteiger partial charge in [-0.25, -0.2) is 0 Å². The third-order valence-electron chi connectivity index (χ3n) is 1.58. The predicted octanol–water partition coefficient (Wildman–Crippen LogP) is 3.25. The van der Waals surface area contributed by atoms with Gasteiger partial charge in [-0.05, 0) is 24.3 Å². The van der Waals surface area contributed by atoms with Gasteiger partial charge in [0.2, 0.25) is 0 Å². The third-order valence-corrected chi connectivity index (χ3v) is 1.58. The fourth-order valence-corrected chi connectivity index (χ4v) is 1.11. The van der Waals surface area contributed by atoms with Crippen LogP contribution in [0.1, 0.15) is 18.1 Å². The van der Waals surface area contributed by atoms with Crippen LogP contribution in [0.5, 0.6) is 0 Å². The summed E-state index contributed by atoms with van der Waals surface area (Å²) in [6.45, 7) is 5.75. The molecule has 0 N–H and O–H groups in total. The molecule has 0 aliphatic carbocycles. The summed E-state index contributed by atoms with van der Waals surface area (Å²) in [5.74, 6) is 0. The molecule has 1 heterocycles. The molecule has 13 heavy (non-hydrogen) atoms. The van der Waals surface area contributed by atoms with Crippen molar-refractivity contribution in [2.24, 2.45) is 7.05 Å². The molecule has 0 aromatic carbocycles. The second-order valence-corrected chi connectivity index (χ2v) is 2.54. The maximum absolute atomic E-state index is 3.74. The minimum atomic E-state index is 1.19. The van der Waals surface area contributed by atoms with Crippen LogP contribution < -0.4 is 0 Å². The summed E-state index contributed by atoms with van der Waals surface area (Å²) in [5.41, 5.74) is 2.41. The van der Waals surface area contributed by atoms with E-state index in [1.54, 1.807) is 6.26 Å². The summed E-state index contributed by atoms with van der Waals surface area (Å²) in [4.78, 5) is 0. The van der Waals surface area contributed by atoms with Crippen LogP contribution in [0.4, 0.5) is 0 Å². The smallest absolute Gasteiger partial charge is 0.0110 e. The second kappa shape index (κ2) is 6.61. The van der Waals surface area contributed by atoms with Crippen molar-refractivity contribution in [1.82, 2.24) is 4.57 Å². The minimum absolute atomic E-state index is 1.19. The van der Waals surface area contributed by atoms with E-state index in [-0.39, 0.29) is 0 Å². The van der Waals surface area contributed by atoms with E-state index in [2.05, 4.69) is 37.7 Å². The molecule has 0 spiro atoms. The van der Waals surface area contributed by atoms with Crippen LogP contribution in [-0.4, -0.2) is 10.8 Å². The lowest BCUT2D eigenvalue weighted by atomic mass is 10.2. The molecular formula is C11H17NS. The van der Waals surface area contributed by atoms with Gasteiger partial charge in [0.15, 0.2) is 0 Å². The van der Waals surface area contributed by atoms with Crippen LogP contribution >= 0.6 is 12.6 Å². The average molecular weight is 195 g/mol. The molecule has 72 valence electrons. The quantitative estimate of drug-likeness (QED) is 0.691. The Morgan fingerprint density at radius 1 is 1.31 bits per heavy atom. The van der Waals surface area contributed by atoms with Crippen LogP contribution in [0, 0.1) is 0 Å². The van der Waals surface area contributed by atoms with E-state index in [4.69, 9.17) is 0 Å². The summed E-state index contributed by atoms with van der Waals surface area (Å²) in [6, 6.07) is 0. The highest BCUT2D eigenvalue weighted by atomic mass is 32.1. The molecule has 0 atom stereocenters. The van der Waals surface area contributed by atoms with Crippen molar-refractivity contribution in [2.45, 2.75) is 6.92 Å². The first-order valence-electron chi connectivity index (χ1n) is 4.13. The summed E-state index contributed by atoms with van der Waals surface area (Å²) < 4.78 is 2.03. The summed E-state index contributed by atoms with van der Waals surface area (Å²) >= 11 is 3.53. The zero-order valence-corrected chi connectivity index (χ0v) is 9.38.